The van der Waals surface area contributed by atoms with Gasteiger partial charge >= 0.3 is 0 Å². The van der Waals surface area contributed by atoms with Gasteiger partial charge in [0.05, 0.1) is 10.6 Å². The third-order valence-corrected chi connectivity index (χ3v) is 6.99. The second kappa shape index (κ2) is 9.51. The summed E-state index contributed by atoms with van der Waals surface area (Å²) in [6.07, 6.45) is 2.25. The van der Waals surface area contributed by atoms with E-state index in [9.17, 15) is 14.4 Å². The van der Waals surface area contributed by atoms with Gasteiger partial charge in [0.2, 0.25) is 5.91 Å². The van der Waals surface area contributed by atoms with Crippen molar-refractivity contribution in [3.05, 3.63) is 62.4 Å². The Kier molecular flexibility index (Phi) is 7.00. The molecule has 1 aliphatic rings. The highest BCUT2D eigenvalue weighted by Crippen LogP contribution is 2.34. The number of anilines is 1. The molecule has 0 aromatic carbocycles. The van der Waals surface area contributed by atoms with Gasteiger partial charge in [0.15, 0.2) is 0 Å². The number of carbonyl (C=O) groups excluding carboxylic acids is 2. The number of aromatic amines is 1. The molecule has 0 saturated carbocycles. The third-order valence-electron chi connectivity index (χ3n) is 5.87. The molecule has 0 bridgehead atoms. The van der Waals surface area contributed by atoms with Gasteiger partial charge in [-0.15, -0.1) is 11.3 Å². The SMILES string of the molecule is C=CC(=O)N1CCC(N(CC)c2scc(C(=O)NCc3c(C)cc(C)[nH]c3=O)c2C)C1. The summed E-state index contributed by atoms with van der Waals surface area (Å²) in [4.78, 5) is 43.9. The lowest BCUT2D eigenvalue weighted by Gasteiger charge is -2.29. The van der Waals surface area contributed by atoms with Gasteiger partial charge in [-0.3, -0.25) is 14.4 Å². The molecule has 2 amide bonds. The molecule has 1 atom stereocenters. The van der Waals surface area contributed by atoms with Crippen LogP contribution in [0.5, 0.6) is 0 Å². The lowest BCUT2D eigenvalue weighted by atomic mass is 10.1. The van der Waals surface area contributed by atoms with Crippen LogP contribution in [0.3, 0.4) is 0 Å². The topological polar surface area (TPSA) is 85.5 Å². The minimum Gasteiger partial charge on any atom is -0.359 e. The zero-order chi connectivity index (χ0) is 22.7. The molecule has 8 heteroatoms. The first-order valence-electron chi connectivity index (χ1n) is 10.5. The van der Waals surface area contributed by atoms with Crippen molar-refractivity contribution in [3.63, 3.8) is 0 Å². The number of nitrogens with zero attached hydrogens (tertiary/aromatic N) is 2. The number of thiophene rings is 1. The van der Waals surface area contributed by atoms with E-state index in [1.165, 1.54) is 6.08 Å². The van der Waals surface area contributed by atoms with Crippen molar-refractivity contribution in [2.24, 2.45) is 0 Å². The summed E-state index contributed by atoms with van der Waals surface area (Å²) in [6, 6.07) is 2.12. The molecule has 1 saturated heterocycles. The van der Waals surface area contributed by atoms with Crippen molar-refractivity contribution in [3.8, 4) is 0 Å². The Balaban J connectivity index is 1.73. The number of likely N-dealkylation sites (tertiary alicyclic amines) is 1. The number of hydrogen-bond acceptors (Lipinski definition) is 5. The van der Waals surface area contributed by atoms with Crippen LogP contribution in [0.15, 0.2) is 28.9 Å². The lowest BCUT2D eigenvalue weighted by Crippen LogP contribution is -2.38. The highest BCUT2D eigenvalue weighted by atomic mass is 32.1. The fourth-order valence-corrected chi connectivity index (χ4v) is 5.39. The number of H-pyrrole nitrogens is 1. The van der Waals surface area contributed by atoms with Gasteiger partial charge in [0.25, 0.3) is 11.5 Å². The van der Waals surface area contributed by atoms with Crippen LogP contribution >= 0.6 is 11.3 Å². The molecule has 0 radical (unpaired) electrons. The van der Waals surface area contributed by atoms with Crippen LogP contribution in [0.1, 0.15) is 46.1 Å². The first-order chi connectivity index (χ1) is 14.8. The summed E-state index contributed by atoms with van der Waals surface area (Å²) in [5, 5.41) is 5.81. The fourth-order valence-electron chi connectivity index (χ4n) is 4.17. The number of rotatable bonds is 7. The monoisotopic (exact) mass is 442 g/mol. The molecule has 166 valence electrons. The summed E-state index contributed by atoms with van der Waals surface area (Å²) in [5.74, 6) is -0.229. The van der Waals surface area contributed by atoms with E-state index in [2.05, 4.69) is 28.7 Å². The maximum atomic E-state index is 12.9. The predicted octanol–water partition coefficient (Wildman–Crippen LogP) is 2.90. The molecule has 31 heavy (non-hydrogen) atoms. The van der Waals surface area contributed by atoms with Crippen LogP contribution in [0, 0.1) is 20.8 Å². The second-order valence-corrected chi connectivity index (χ2v) is 8.78. The van der Waals surface area contributed by atoms with Crippen molar-refractivity contribution in [1.82, 2.24) is 15.2 Å². The first kappa shape index (κ1) is 22.8. The van der Waals surface area contributed by atoms with E-state index in [-0.39, 0.29) is 30.0 Å². The average molecular weight is 443 g/mol. The summed E-state index contributed by atoms with van der Waals surface area (Å²) in [5.41, 5.74) is 3.61. The fraction of sp³-hybridized carbons (Fsp3) is 0.435. The van der Waals surface area contributed by atoms with E-state index in [1.807, 2.05) is 37.1 Å². The normalized spacial score (nSPS) is 15.7. The summed E-state index contributed by atoms with van der Waals surface area (Å²) < 4.78 is 0. The number of likely N-dealkylation sites (N-methyl/N-ethyl adjacent to an activating group) is 1. The smallest absolute Gasteiger partial charge is 0.253 e. The number of aromatic nitrogens is 1. The molecule has 2 aromatic rings. The van der Waals surface area contributed by atoms with E-state index in [0.29, 0.717) is 24.2 Å². The molecule has 2 aromatic heterocycles. The van der Waals surface area contributed by atoms with Crippen LogP contribution in [0.4, 0.5) is 5.00 Å². The maximum absolute atomic E-state index is 12.9. The van der Waals surface area contributed by atoms with Gasteiger partial charge in [0.1, 0.15) is 0 Å². The highest BCUT2D eigenvalue weighted by Gasteiger charge is 2.31. The molecule has 2 N–H and O–H groups in total. The summed E-state index contributed by atoms with van der Waals surface area (Å²) >= 11 is 1.54. The number of hydrogen-bond donors (Lipinski definition) is 2. The Morgan fingerprint density at radius 2 is 2.13 bits per heavy atom. The van der Waals surface area contributed by atoms with Crippen molar-refractivity contribution in [1.29, 1.82) is 0 Å². The van der Waals surface area contributed by atoms with Crippen molar-refractivity contribution in [2.45, 2.75) is 46.7 Å². The average Bonchev–Trinajstić information content (AvgIpc) is 3.35. The van der Waals surface area contributed by atoms with Gasteiger partial charge in [-0.05, 0) is 57.4 Å². The zero-order valence-corrected chi connectivity index (χ0v) is 19.4. The molecule has 7 nitrogen and oxygen atoms in total. The maximum Gasteiger partial charge on any atom is 0.253 e. The Morgan fingerprint density at radius 1 is 1.39 bits per heavy atom. The molecule has 3 rings (SSSR count). The van der Waals surface area contributed by atoms with Crippen LogP contribution in [-0.2, 0) is 11.3 Å². The molecular weight excluding hydrogens is 412 g/mol. The molecule has 0 aliphatic carbocycles. The molecular formula is C23H30N4O3S. The quantitative estimate of drug-likeness (QED) is 0.646. The largest absolute Gasteiger partial charge is 0.359 e. The first-order valence-corrected chi connectivity index (χ1v) is 11.4. The van der Waals surface area contributed by atoms with E-state index in [0.717, 1.165) is 34.8 Å². The second-order valence-electron chi connectivity index (χ2n) is 7.92. The van der Waals surface area contributed by atoms with Gasteiger partial charge in [-0.25, -0.2) is 0 Å². The Labute approximate surface area is 186 Å². The highest BCUT2D eigenvalue weighted by molar-refractivity contribution is 7.14. The summed E-state index contributed by atoms with van der Waals surface area (Å²) in [6.45, 7) is 13.7. The van der Waals surface area contributed by atoms with Crippen LogP contribution < -0.4 is 15.8 Å². The van der Waals surface area contributed by atoms with Gasteiger partial charge in [-0.1, -0.05) is 6.58 Å². The van der Waals surface area contributed by atoms with Crippen LogP contribution in [0.2, 0.25) is 0 Å². The Hall–Kier alpha value is -2.87. The van der Waals surface area contributed by atoms with Crippen LogP contribution in [-0.4, -0.2) is 47.4 Å². The number of nitrogens with one attached hydrogen (secondary N) is 2. The zero-order valence-electron chi connectivity index (χ0n) is 18.6. The third kappa shape index (κ3) is 4.74. The Morgan fingerprint density at radius 3 is 2.77 bits per heavy atom. The minimum absolute atomic E-state index is 0.0390. The van der Waals surface area contributed by atoms with Gasteiger partial charge < -0.3 is 20.1 Å². The standard InChI is InChI=1S/C23H30N4O3S/c1-6-20(28)26-9-8-17(12-26)27(7-2)23-16(5)19(13-31-23)21(29)24-11-18-14(3)10-15(4)25-22(18)30/h6,10,13,17H,1,7-9,11-12H2,2-5H3,(H,24,29)(H,25,30). The van der Waals surface area contributed by atoms with E-state index < -0.39 is 0 Å². The number of pyridine rings is 1. The molecule has 1 unspecified atom stereocenters. The van der Waals surface area contributed by atoms with E-state index in [1.54, 1.807) is 11.3 Å². The van der Waals surface area contributed by atoms with Crippen molar-refractivity contribution >= 4 is 28.2 Å². The van der Waals surface area contributed by atoms with Crippen molar-refractivity contribution in [2.75, 3.05) is 24.5 Å². The Bertz CT molecular complexity index is 1060. The molecule has 0 spiro atoms. The molecule has 3 heterocycles. The molecule has 1 aliphatic heterocycles. The number of amides is 2. The summed E-state index contributed by atoms with van der Waals surface area (Å²) in [7, 11) is 0. The minimum atomic E-state index is -0.190. The lowest BCUT2D eigenvalue weighted by molar-refractivity contribution is -0.125. The van der Waals surface area contributed by atoms with Gasteiger partial charge in [-0.2, -0.15) is 0 Å². The number of carbonyl (C=O) groups is 2. The van der Waals surface area contributed by atoms with Crippen molar-refractivity contribution < 1.29 is 9.59 Å². The molecule has 1 fully saturated rings. The predicted molar refractivity (Wildman–Crippen MR) is 125 cm³/mol. The van der Waals surface area contributed by atoms with E-state index in [4.69, 9.17) is 0 Å². The van der Waals surface area contributed by atoms with Crippen LogP contribution in [0.25, 0.3) is 0 Å². The van der Waals surface area contributed by atoms with E-state index >= 15 is 0 Å². The number of aryl methyl sites for hydroxylation is 2. The van der Waals surface area contributed by atoms with Gasteiger partial charge in [0, 0.05) is 48.9 Å².